The first kappa shape index (κ1) is 27.9. The average molecular weight is 596 g/mol. The zero-order valence-electron chi connectivity index (χ0n) is 20.1. The van der Waals surface area contributed by atoms with Crippen molar-refractivity contribution in [2.75, 3.05) is 7.11 Å². The molecule has 0 fully saturated rings. The van der Waals surface area contributed by atoms with Crippen LogP contribution in [0.2, 0.25) is 15.1 Å². The molecule has 1 aliphatic rings. The fourth-order valence-corrected chi connectivity index (χ4v) is 5.66. The summed E-state index contributed by atoms with van der Waals surface area (Å²) in [4.78, 5) is 24.6. The van der Waals surface area contributed by atoms with Gasteiger partial charge in [0, 0.05) is 17.3 Å². The minimum absolute atomic E-state index is 0.0319. The summed E-state index contributed by atoms with van der Waals surface area (Å²) in [6.45, 7) is 1.41. The van der Waals surface area contributed by atoms with Gasteiger partial charge in [0.25, 0.3) is 5.91 Å². The third-order valence-electron chi connectivity index (χ3n) is 5.68. The van der Waals surface area contributed by atoms with E-state index in [0.29, 0.717) is 32.1 Å². The molecule has 0 saturated carbocycles. The van der Waals surface area contributed by atoms with Crippen LogP contribution in [0, 0.1) is 0 Å². The number of benzene rings is 2. The molecule has 0 spiro atoms. The van der Waals surface area contributed by atoms with Gasteiger partial charge in [-0.05, 0) is 67.1 Å². The normalized spacial score (nSPS) is 14.9. The molecule has 12 heteroatoms. The summed E-state index contributed by atoms with van der Waals surface area (Å²) in [5.74, 6) is -0.596. The molecular formula is C26H21Cl3N2O6S. The first-order valence-electron chi connectivity index (χ1n) is 11.1. The molecule has 0 radical (unpaired) electrons. The van der Waals surface area contributed by atoms with Crippen LogP contribution >= 0.6 is 34.8 Å². The van der Waals surface area contributed by atoms with Crippen molar-refractivity contribution in [1.82, 2.24) is 9.62 Å². The Balaban J connectivity index is 1.67. The molecule has 0 unspecified atom stereocenters. The van der Waals surface area contributed by atoms with Crippen LogP contribution in [0.5, 0.6) is 0 Å². The van der Waals surface area contributed by atoms with E-state index in [1.165, 1.54) is 41.8 Å². The molecular weight excluding hydrogens is 575 g/mol. The monoisotopic (exact) mass is 594 g/mol. The average Bonchev–Trinajstić information content (AvgIpc) is 3.43. The number of nitrogens with zero attached hydrogens (tertiary/aromatic N) is 1. The SMILES string of the molecule is COC(=O)C1=C(C)NC(=O)/C1=C/c1ccc(CN(Cc2ccc(Cl)c(Cl)c2)S(=O)(=O)c2ccc(Cl)cc2)o1. The fourth-order valence-electron chi connectivity index (χ4n) is 3.81. The molecule has 4 rings (SSSR count). The smallest absolute Gasteiger partial charge is 0.340 e. The number of sulfonamides is 1. The van der Waals surface area contributed by atoms with Gasteiger partial charge in [0.05, 0.1) is 39.7 Å². The molecule has 3 aromatic rings. The van der Waals surface area contributed by atoms with Crippen LogP contribution in [0.25, 0.3) is 6.08 Å². The van der Waals surface area contributed by atoms with Crippen molar-refractivity contribution in [3.8, 4) is 0 Å². The number of esters is 1. The Labute approximate surface area is 234 Å². The molecule has 2 aromatic carbocycles. The number of carbonyl (C=O) groups is 2. The lowest BCUT2D eigenvalue weighted by Crippen LogP contribution is -2.30. The van der Waals surface area contributed by atoms with Crippen molar-refractivity contribution in [2.24, 2.45) is 0 Å². The third kappa shape index (κ3) is 5.98. The number of methoxy groups -OCH3 is 1. The Bertz CT molecular complexity index is 1580. The minimum Gasteiger partial charge on any atom is -0.465 e. The predicted octanol–water partition coefficient (Wildman–Crippen LogP) is 5.59. The van der Waals surface area contributed by atoms with Gasteiger partial charge in [-0.3, -0.25) is 4.79 Å². The second-order valence-corrected chi connectivity index (χ2v) is 11.5. The van der Waals surface area contributed by atoms with E-state index in [-0.39, 0.29) is 34.9 Å². The summed E-state index contributed by atoms with van der Waals surface area (Å²) < 4.78 is 39.0. The van der Waals surface area contributed by atoms with E-state index in [1.54, 1.807) is 37.3 Å². The zero-order chi connectivity index (χ0) is 27.6. The van der Waals surface area contributed by atoms with Crippen LogP contribution < -0.4 is 5.32 Å². The van der Waals surface area contributed by atoms with Crippen LogP contribution in [-0.4, -0.2) is 31.7 Å². The van der Waals surface area contributed by atoms with Crippen LogP contribution in [0.15, 0.2) is 80.8 Å². The number of halogens is 3. The third-order valence-corrected chi connectivity index (χ3v) is 8.47. The van der Waals surface area contributed by atoms with Gasteiger partial charge < -0.3 is 14.5 Å². The lowest BCUT2D eigenvalue weighted by Gasteiger charge is -2.22. The van der Waals surface area contributed by atoms with E-state index in [2.05, 4.69) is 5.32 Å². The molecule has 0 aliphatic carbocycles. The van der Waals surface area contributed by atoms with E-state index in [9.17, 15) is 18.0 Å². The molecule has 0 saturated heterocycles. The fraction of sp³-hybridized carbons (Fsp3) is 0.154. The van der Waals surface area contributed by atoms with Crippen molar-refractivity contribution in [3.05, 3.63) is 104 Å². The van der Waals surface area contributed by atoms with Gasteiger partial charge in [0.2, 0.25) is 10.0 Å². The first-order chi connectivity index (χ1) is 18.0. The molecule has 8 nitrogen and oxygen atoms in total. The van der Waals surface area contributed by atoms with Crippen LogP contribution in [0.3, 0.4) is 0 Å². The molecule has 0 bridgehead atoms. The molecule has 1 aromatic heterocycles. The van der Waals surface area contributed by atoms with E-state index in [0.717, 1.165) is 0 Å². The topological polar surface area (TPSA) is 106 Å². The van der Waals surface area contributed by atoms with E-state index in [4.69, 9.17) is 44.0 Å². The van der Waals surface area contributed by atoms with Crippen molar-refractivity contribution in [2.45, 2.75) is 24.9 Å². The molecule has 1 aliphatic heterocycles. The molecule has 38 heavy (non-hydrogen) atoms. The highest BCUT2D eigenvalue weighted by molar-refractivity contribution is 7.89. The number of amides is 1. The molecule has 2 heterocycles. The van der Waals surface area contributed by atoms with E-state index < -0.39 is 21.9 Å². The number of allylic oxidation sites excluding steroid dienone is 1. The summed E-state index contributed by atoms with van der Waals surface area (Å²) >= 11 is 18.1. The highest BCUT2D eigenvalue weighted by Crippen LogP contribution is 2.29. The maximum absolute atomic E-state index is 13.6. The van der Waals surface area contributed by atoms with Gasteiger partial charge in [-0.25, -0.2) is 13.2 Å². The Kier molecular flexibility index (Phi) is 8.34. The predicted molar refractivity (Wildman–Crippen MR) is 144 cm³/mol. The largest absolute Gasteiger partial charge is 0.465 e. The molecule has 198 valence electrons. The highest BCUT2D eigenvalue weighted by Gasteiger charge is 2.31. The number of nitrogens with one attached hydrogen (secondary N) is 1. The van der Waals surface area contributed by atoms with E-state index in [1.807, 2.05) is 0 Å². The summed E-state index contributed by atoms with van der Waals surface area (Å²) in [6.07, 6.45) is 1.40. The van der Waals surface area contributed by atoms with Gasteiger partial charge in [0.1, 0.15) is 11.5 Å². The Morgan fingerprint density at radius 3 is 2.39 bits per heavy atom. The Morgan fingerprint density at radius 2 is 1.74 bits per heavy atom. The Morgan fingerprint density at radius 1 is 1.03 bits per heavy atom. The number of hydrogen-bond donors (Lipinski definition) is 1. The van der Waals surface area contributed by atoms with E-state index >= 15 is 0 Å². The second-order valence-electron chi connectivity index (χ2n) is 8.28. The van der Waals surface area contributed by atoms with Gasteiger partial charge in [0.15, 0.2) is 0 Å². The quantitative estimate of drug-likeness (QED) is 0.269. The zero-order valence-corrected chi connectivity index (χ0v) is 23.2. The number of ether oxygens (including phenoxy) is 1. The van der Waals surface area contributed by atoms with Gasteiger partial charge in [-0.1, -0.05) is 40.9 Å². The van der Waals surface area contributed by atoms with Crippen LogP contribution in [0.4, 0.5) is 0 Å². The number of carbonyl (C=O) groups excluding carboxylic acids is 2. The summed E-state index contributed by atoms with van der Waals surface area (Å²) in [7, 11) is -2.78. The van der Waals surface area contributed by atoms with Crippen molar-refractivity contribution in [3.63, 3.8) is 0 Å². The summed E-state index contributed by atoms with van der Waals surface area (Å²) in [5, 5.41) is 3.62. The summed E-state index contributed by atoms with van der Waals surface area (Å²) in [6, 6.07) is 13.8. The van der Waals surface area contributed by atoms with Crippen molar-refractivity contribution in [1.29, 1.82) is 0 Å². The molecule has 0 atom stereocenters. The number of furan rings is 1. The van der Waals surface area contributed by atoms with Crippen molar-refractivity contribution < 1.29 is 27.2 Å². The highest BCUT2D eigenvalue weighted by atomic mass is 35.5. The van der Waals surface area contributed by atoms with Gasteiger partial charge in [-0.2, -0.15) is 4.31 Å². The first-order valence-corrected chi connectivity index (χ1v) is 13.7. The second kappa shape index (κ2) is 11.3. The lowest BCUT2D eigenvalue weighted by molar-refractivity contribution is -0.136. The maximum atomic E-state index is 13.6. The molecule has 1 N–H and O–H groups in total. The van der Waals surface area contributed by atoms with Gasteiger partial charge >= 0.3 is 5.97 Å². The summed E-state index contributed by atoms with van der Waals surface area (Å²) in [5.41, 5.74) is 1.15. The maximum Gasteiger partial charge on any atom is 0.340 e. The molecule has 1 amide bonds. The van der Waals surface area contributed by atoms with Crippen LogP contribution in [-0.2, 0) is 37.4 Å². The van der Waals surface area contributed by atoms with Crippen LogP contribution in [0.1, 0.15) is 24.0 Å². The van der Waals surface area contributed by atoms with Crippen molar-refractivity contribution >= 4 is 62.8 Å². The lowest BCUT2D eigenvalue weighted by atomic mass is 10.1. The van der Waals surface area contributed by atoms with Gasteiger partial charge in [-0.15, -0.1) is 0 Å². The number of hydrogen-bond acceptors (Lipinski definition) is 6. The minimum atomic E-state index is -4.00. The Hall–Kier alpha value is -3.08. The number of rotatable bonds is 8. The standard InChI is InChI=1S/C26H21Cl3N2O6S/c1-15-24(26(33)36-2)21(25(32)30-15)12-18-6-7-19(37-18)14-31(13-16-3-10-22(28)23(29)11-16)38(34,35)20-8-4-17(27)5-9-20/h3-12H,13-14H2,1-2H3,(H,30,32)/b21-12+.